The molecule has 0 aliphatic heterocycles. The molecule has 2 amide bonds. The van der Waals surface area contributed by atoms with Crippen molar-refractivity contribution in [2.24, 2.45) is 5.84 Å². The third-order valence-electron chi connectivity index (χ3n) is 2.33. The van der Waals surface area contributed by atoms with E-state index in [1.54, 1.807) is 0 Å². The van der Waals surface area contributed by atoms with E-state index >= 15 is 0 Å². The predicted molar refractivity (Wildman–Crippen MR) is 74.4 cm³/mol. The van der Waals surface area contributed by atoms with E-state index in [-0.39, 0.29) is 29.2 Å². The van der Waals surface area contributed by atoms with E-state index in [0.717, 1.165) is 0 Å². The molecule has 0 aromatic heterocycles. The molecule has 0 saturated carbocycles. The standard InChI is InChI=1S/C13H19FN4O2/c1-13(2,3)17-10(19)7-16-12(20)8-5-4-6-9(14)11(8)18-15/h4-6,18H,7,15H2,1-3H3,(H,16,20)(H,17,19). The first-order valence-corrected chi connectivity index (χ1v) is 6.09. The van der Waals surface area contributed by atoms with E-state index in [2.05, 4.69) is 16.1 Å². The molecule has 1 rings (SSSR count). The summed E-state index contributed by atoms with van der Waals surface area (Å²) in [6, 6.07) is 3.98. The maximum atomic E-state index is 13.4. The van der Waals surface area contributed by atoms with Gasteiger partial charge in [0.2, 0.25) is 5.91 Å². The zero-order chi connectivity index (χ0) is 15.3. The van der Waals surface area contributed by atoms with Gasteiger partial charge in [-0.15, -0.1) is 0 Å². The average molecular weight is 282 g/mol. The highest BCUT2D eigenvalue weighted by molar-refractivity contribution is 6.01. The van der Waals surface area contributed by atoms with Crippen LogP contribution in [-0.2, 0) is 4.79 Å². The summed E-state index contributed by atoms with van der Waals surface area (Å²) in [5.74, 6) is 3.63. The summed E-state index contributed by atoms with van der Waals surface area (Å²) in [7, 11) is 0. The Morgan fingerprint density at radius 3 is 2.50 bits per heavy atom. The van der Waals surface area contributed by atoms with Crippen molar-refractivity contribution in [3.05, 3.63) is 29.6 Å². The number of hydrazine groups is 1. The third kappa shape index (κ3) is 4.51. The van der Waals surface area contributed by atoms with Crippen LogP contribution in [0.5, 0.6) is 0 Å². The van der Waals surface area contributed by atoms with Crippen LogP contribution in [0.15, 0.2) is 18.2 Å². The van der Waals surface area contributed by atoms with Gasteiger partial charge >= 0.3 is 0 Å². The van der Waals surface area contributed by atoms with Crippen molar-refractivity contribution >= 4 is 17.5 Å². The summed E-state index contributed by atoms with van der Waals surface area (Å²) in [5, 5.41) is 5.11. The van der Waals surface area contributed by atoms with Crippen LogP contribution in [0.25, 0.3) is 0 Å². The molecular formula is C13H19FN4O2. The van der Waals surface area contributed by atoms with Gasteiger partial charge in [-0.2, -0.15) is 0 Å². The Bertz CT molecular complexity index is 512. The van der Waals surface area contributed by atoms with Gasteiger partial charge in [-0.1, -0.05) is 6.07 Å². The maximum Gasteiger partial charge on any atom is 0.253 e. The van der Waals surface area contributed by atoms with Gasteiger partial charge in [0.05, 0.1) is 17.8 Å². The lowest BCUT2D eigenvalue weighted by Gasteiger charge is -2.20. The van der Waals surface area contributed by atoms with Crippen LogP contribution >= 0.6 is 0 Å². The minimum atomic E-state index is -0.640. The number of nitrogens with two attached hydrogens (primary N) is 1. The van der Waals surface area contributed by atoms with Crippen LogP contribution < -0.4 is 21.9 Å². The molecule has 0 bridgehead atoms. The first kappa shape index (κ1) is 15.9. The Hall–Kier alpha value is -2.15. The lowest BCUT2D eigenvalue weighted by Crippen LogP contribution is -2.45. The Kier molecular flexibility index (Phi) is 5.04. The highest BCUT2D eigenvalue weighted by Gasteiger charge is 2.17. The minimum absolute atomic E-state index is 0.0380. The normalized spacial score (nSPS) is 10.8. The molecule has 0 saturated heterocycles. The molecular weight excluding hydrogens is 263 g/mol. The number of rotatable bonds is 4. The number of nitrogens with one attached hydrogen (secondary N) is 3. The topological polar surface area (TPSA) is 96.2 Å². The molecule has 0 heterocycles. The van der Waals surface area contributed by atoms with Gasteiger partial charge in [0.1, 0.15) is 5.82 Å². The summed E-state index contributed by atoms with van der Waals surface area (Å²) in [6.07, 6.45) is 0. The van der Waals surface area contributed by atoms with Crippen molar-refractivity contribution in [1.82, 2.24) is 10.6 Å². The van der Waals surface area contributed by atoms with Crippen LogP contribution in [-0.4, -0.2) is 23.9 Å². The fraction of sp³-hybridized carbons (Fsp3) is 0.385. The average Bonchev–Trinajstić information content (AvgIpc) is 2.33. The monoisotopic (exact) mass is 282 g/mol. The van der Waals surface area contributed by atoms with E-state index in [0.29, 0.717) is 0 Å². The Labute approximate surface area is 116 Å². The SMILES string of the molecule is CC(C)(C)NC(=O)CNC(=O)c1cccc(F)c1NN. The van der Waals surface area contributed by atoms with Crippen LogP contribution in [0.4, 0.5) is 10.1 Å². The van der Waals surface area contributed by atoms with Gasteiger partial charge in [-0.05, 0) is 32.9 Å². The number of amides is 2. The molecule has 1 aromatic rings. The fourth-order valence-corrected chi connectivity index (χ4v) is 1.58. The Balaban J connectivity index is 2.69. The van der Waals surface area contributed by atoms with Crippen LogP contribution in [0.2, 0.25) is 0 Å². The molecule has 20 heavy (non-hydrogen) atoms. The molecule has 0 fully saturated rings. The van der Waals surface area contributed by atoms with Crippen molar-refractivity contribution in [3.8, 4) is 0 Å². The number of benzene rings is 1. The second-order valence-electron chi connectivity index (χ2n) is 5.29. The smallest absolute Gasteiger partial charge is 0.253 e. The summed E-state index contributed by atoms with van der Waals surface area (Å²) in [6.45, 7) is 5.29. The minimum Gasteiger partial charge on any atom is -0.350 e. The summed E-state index contributed by atoms with van der Waals surface area (Å²) in [5.41, 5.74) is 1.68. The van der Waals surface area contributed by atoms with E-state index in [9.17, 15) is 14.0 Å². The molecule has 7 heteroatoms. The quantitative estimate of drug-likeness (QED) is 0.484. The van der Waals surface area contributed by atoms with Gasteiger partial charge in [-0.3, -0.25) is 15.4 Å². The zero-order valence-corrected chi connectivity index (χ0v) is 11.7. The molecule has 6 nitrogen and oxygen atoms in total. The van der Waals surface area contributed by atoms with Gasteiger partial charge in [0.15, 0.2) is 0 Å². The molecule has 0 atom stereocenters. The number of anilines is 1. The van der Waals surface area contributed by atoms with Crippen molar-refractivity contribution in [1.29, 1.82) is 0 Å². The van der Waals surface area contributed by atoms with Crippen LogP contribution in [0.1, 0.15) is 31.1 Å². The van der Waals surface area contributed by atoms with Gasteiger partial charge in [0, 0.05) is 5.54 Å². The van der Waals surface area contributed by atoms with Gasteiger partial charge in [-0.25, -0.2) is 4.39 Å². The number of hydrogen-bond donors (Lipinski definition) is 4. The summed E-state index contributed by atoms with van der Waals surface area (Å²) < 4.78 is 13.4. The van der Waals surface area contributed by atoms with Gasteiger partial charge in [0.25, 0.3) is 5.91 Å². The zero-order valence-electron chi connectivity index (χ0n) is 11.7. The van der Waals surface area contributed by atoms with Crippen molar-refractivity contribution < 1.29 is 14.0 Å². The van der Waals surface area contributed by atoms with Gasteiger partial charge < -0.3 is 16.1 Å². The van der Waals surface area contributed by atoms with Crippen molar-refractivity contribution in [2.75, 3.05) is 12.0 Å². The van der Waals surface area contributed by atoms with E-state index < -0.39 is 11.7 Å². The second-order valence-corrected chi connectivity index (χ2v) is 5.29. The number of carbonyl (C=O) groups excluding carboxylic acids is 2. The maximum absolute atomic E-state index is 13.4. The Morgan fingerprint density at radius 2 is 1.95 bits per heavy atom. The molecule has 0 unspecified atom stereocenters. The number of hydrogen-bond acceptors (Lipinski definition) is 4. The van der Waals surface area contributed by atoms with Crippen LogP contribution in [0.3, 0.4) is 0 Å². The number of nitrogen functional groups attached to an aromatic ring is 1. The first-order valence-electron chi connectivity index (χ1n) is 6.09. The van der Waals surface area contributed by atoms with Crippen LogP contribution in [0, 0.1) is 5.82 Å². The predicted octanol–water partition coefficient (Wildman–Crippen LogP) is 0.756. The largest absolute Gasteiger partial charge is 0.350 e. The van der Waals surface area contributed by atoms with E-state index in [1.807, 2.05) is 20.8 Å². The first-order chi connectivity index (χ1) is 9.24. The van der Waals surface area contributed by atoms with Crippen molar-refractivity contribution in [2.45, 2.75) is 26.3 Å². The number of halogens is 1. The molecule has 0 aliphatic rings. The number of carbonyl (C=O) groups is 2. The molecule has 0 spiro atoms. The van der Waals surface area contributed by atoms with E-state index in [1.165, 1.54) is 18.2 Å². The Morgan fingerprint density at radius 1 is 1.30 bits per heavy atom. The lowest BCUT2D eigenvalue weighted by molar-refractivity contribution is -0.121. The second kappa shape index (κ2) is 6.33. The highest BCUT2D eigenvalue weighted by Crippen LogP contribution is 2.18. The summed E-state index contributed by atoms with van der Waals surface area (Å²) in [4.78, 5) is 23.5. The number of para-hydroxylation sites is 1. The fourth-order valence-electron chi connectivity index (χ4n) is 1.58. The third-order valence-corrected chi connectivity index (χ3v) is 2.33. The molecule has 0 radical (unpaired) electrons. The molecule has 5 N–H and O–H groups in total. The molecule has 110 valence electrons. The molecule has 1 aromatic carbocycles. The summed E-state index contributed by atoms with van der Waals surface area (Å²) >= 11 is 0. The molecule has 0 aliphatic carbocycles. The van der Waals surface area contributed by atoms with Crippen molar-refractivity contribution in [3.63, 3.8) is 0 Å². The highest BCUT2D eigenvalue weighted by atomic mass is 19.1. The van der Waals surface area contributed by atoms with E-state index in [4.69, 9.17) is 5.84 Å². The lowest BCUT2D eigenvalue weighted by atomic mass is 10.1.